The van der Waals surface area contributed by atoms with Gasteiger partial charge in [-0.3, -0.25) is 0 Å². The van der Waals surface area contributed by atoms with E-state index in [-0.39, 0.29) is 11.8 Å². The molecule has 0 aliphatic carbocycles. The van der Waals surface area contributed by atoms with Gasteiger partial charge in [-0.25, -0.2) is 0 Å². The number of hydrogen-bond donors (Lipinski definition) is 2. The fourth-order valence-electron chi connectivity index (χ4n) is 4.17. The first kappa shape index (κ1) is 19.0. The van der Waals surface area contributed by atoms with Crippen molar-refractivity contribution in [3.05, 3.63) is 100 Å². The molecule has 4 nitrogen and oxygen atoms in total. The first-order valence-corrected chi connectivity index (χ1v) is 10.0. The minimum Gasteiger partial charge on any atom is -0.440 e. The lowest BCUT2D eigenvalue weighted by atomic mass is 9.80. The van der Waals surface area contributed by atoms with Crippen molar-refractivity contribution in [2.45, 2.75) is 25.8 Å². The summed E-state index contributed by atoms with van der Waals surface area (Å²) in [7, 11) is 0. The molecule has 0 amide bonds. The number of hydrogen-bond acceptors (Lipinski definition) is 3. The number of nitriles is 1. The Labute approximate surface area is 172 Å². The Bertz CT molecular complexity index is 1030. The highest BCUT2D eigenvalue weighted by Crippen LogP contribution is 2.41. The van der Waals surface area contributed by atoms with Crippen LogP contribution in [0.2, 0.25) is 0 Å². The van der Waals surface area contributed by atoms with E-state index in [4.69, 9.17) is 10.5 Å². The van der Waals surface area contributed by atoms with E-state index in [1.54, 1.807) is 0 Å². The summed E-state index contributed by atoms with van der Waals surface area (Å²) in [6.45, 7) is 6.16. The SMILES string of the molecule is CC(C)[NH+]1CC2=C(OC(N)=C(C#N)[C@@H]2c2ccccc2)/C(=C/c2ccccc2)C1. The van der Waals surface area contributed by atoms with Crippen LogP contribution < -0.4 is 10.6 Å². The Morgan fingerprint density at radius 2 is 1.72 bits per heavy atom. The maximum Gasteiger partial charge on any atom is 0.205 e. The van der Waals surface area contributed by atoms with Gasteiger partial charge in [-0.2, -0.15) is 5.26 Å². The average molecular weight is 385 g/mol. The summed E-state index contributed by atoms with van der Waals surface area (Å²) < 4.78 is 6.09. The number of rotatable bonds is 3. The van der Waals surface area contributed by atoms with Crippen LogP contribution >= 0.6 is 0 Å². The van der Waals surface area contributed by atoms with Crippen LogP contribution in [0.15, 0.2) is 89.0 Å². The second-order valence-electron chi connectivity index (χ2n) is 7.94. The molecule has 0 radical (unpaired) electrons. The maximum atomic E-state index is 9.85. The van der Waals surface area contributed by atoms with E-state index in [1.165, 1.54) is 4.90 Å². The molecule has 0 saturated heterocycles. The van der Waals surface area contributed by atoms with Gasteiger partial charge in [0, 0.05) is 11.1 Å². The van der Waals surface area contributed by atoms with Crippen molar-refractivity contribution in [3.8, 4) is 6.07 Å². The fourth-order valence-corrected chi connectivity index (χ4v) is 4.17. The van der Waals surface area contributed by atoms with Crippen molar-refractivity contribution >= 4 is 6.08 Å². The lowest BCUT2D eigenvalue weighted by Gasteiger charge is -2.37. The molecular weight excluding hydrogens is 358 g/mol. The van der Waals surface area contributed by atoms with Crippen molar-refractivity contribution in [3.63, 3.8) is 0 Å². The molecule has 0 fully saturated rings. The van der Waals surface area contributed by atoms with Crippen molar-refractivity contribution in [1.82, 2.24) is 0 Å². The monoisotopic (exact) mass is 384 g/mol. The van der Waals surface area contributed by atoms with Crippen molar-refractivity contribution in [1.29, 1.82) is 5.26 Å². The van der Waals surface area contributed by atoms with E-state index in [0.717, 1.165) is 41.1 Å². The van der Waals surface area contributed by atoms with Gasteiger partial charge >= 0.3 is 0 Å². The molecule has 1 unspecified atom stereocenters. The zero-order valence-corrected chi connectivity index (χ0v) is 16.9. The summed E-state index contributed by atoms with van der Waals surface area (Å²) in [4.78, 5) is 1.45. The van der Waals surface area contributed by atoms with Gasteiger partial charge in [0.25, 0.3) is 0 Å². The van der Waals surface area contributed by atoms with E-state index in [9.17, 15) is 5.26 Å². The van der Waals surface area contributed by atoms with Gasteiger partial charge in [-0.05, 0) is 31.1 Å². The normalized spacial score (nSPS) is 23.0. The molecule has 146 valence electrons. The third-order valence-corrected chi connectivity index (χ3v) is 5.74. The largest absolute Gasteiger partial charge is 0.440 e. The van der Waals surface area contributed by atoms with Gasteiger partial charge in [0.1, 0.15) is 30.5 Å². The standard InChI is InChI=1S/C25H25N3O/c1-17(2)28-15-20(13-18-9-5-3-6-10-18)24-22(16-28)23(19-11-7-4-8-12-19)21(14-26)25(27)29-24/h3-13,17,23H,15-16,27H2,1-2H3/p+1/b20-13+/t23-/m0/s1. The zero-order valence-electron chi connectivity index (χ0n) is 16.9. The minimum absolute atomic E-state index is 0.168. The van der Waals surface area contributed by atoms with E-state index < -0.39 is 0 Å². The van der Waals surface area contributed by atoms with Gasteiger partial charge in [-0.15, -0.1) is 0 Å². The molecule has 3 N–H and O–H groups in total. The van der Waals surface area contributed by atoms with Crippen molar-refractivity contribution in [2.24, 2.45) is 5.73 Å². The highest BCUT2D eigenvalue weighted by molar-refractivity contribution is 5.62. The van der Waals surface area contributed by atoms with E-state index in [1.807, 2.05) is 36.4 Å². The van der Waals surface area contributed by atoms with Crippen LogP contribution in [0.4, 0.5) is 0 Å². The van der Waals surface area contributed by atoms with Crippen LogP contribution in [0.5, 0.6) is 0 Å². The van der Waals surface area contributed by atoms with Crippen LogP contribution in [-0.4, -0.2) is 19.1 Å². The summed E-state index contributed by atoms with van der Waals surface area (Å²) in [6, 6.07) is 23.2. The molecule has 2 aromatic carbocycles. The fraction of sp³-hybridized carbons (Fsp3) is 0.240. The topological polar surface area (TPSA) is 63.5 Å². The predicted molar refractivity (Wildman–Crippen MR) is 114 cm³/mol. The molecule has 29 heavy (non-hydrogen) atoms. The van der Waals surface area contributed by atoms with E-state index in [2.05, 4.69) is 50.3 Å². The average Bonchev–Trinajstić information content (AvgIpc) is 2.74. The van der Waals surface area contributed by atoms with Gasteiger partial charge in [-0.1, -0.05) is 60.7 Å². The summed E-state index contributed by atoms with van der Waals surface area (Å²) in [5.41, 5.74) is 11.2. The third kappa shape index (κ3) is 3.70. The first-order valence-electron chi connectivity index (χ1n) is 10.0. The summed E-state index contributed by atoms with van der Waals surface area (Å²) in [6.07, 6.45) is 2.18. The number of nitrogens with two attached hydrogens (primary N) is 1. The van der Waals surface area contributed by atoms with E-state index >= 15 is 0 Å². The lowest BCUT2D eigenvalue weighted by Crippen LogP contribution is -3.16. The molecular formula is C25H26N3O+. The molecule has 0 bridgehead atoms. The molecule has 2 atom stereocenters. The maximum absolute atomic E-state index is 9.85. The molecule has 0 saturated carbocycles. The Balaban J connectivity index is 1.89. The molecule has 0 aromatic heterocycles. The number of allylic oxidation sites excluding steroid dienone is 1. The number of quaternary nitrogens is 1. The predicted octanol–water partition coefficient (Wildman–Crippen LogP) is 3.14. The molecule has 4 heteroatoms. The molecule has 2 heterocycles. The number of benzene rings is 2. The van der Waals surface area contributed by atoms with Gasteiger partial charge in [0.15, 0.2) is 0 Å². The highest BCUT2D eigenvalue weighted by atomic mass is 16.5. The molecule has 2 aliphatic heterocycles. The van der Waals surface area contributed by atoms with Gasteiger partial charge in [0.05, 0.1) is 12.0 Å². The summed E-state index contributed by atoms with van der Waals surface area (Å²) in [5.74, 6) is 0.883. The number of nitrogens with one attached hydrogen (secondary N) is 1. The Hall–Kier alpha value is -3.29. The van der Waals surface area contributed by atoms with Crippen LogP contribution in [-0.2, 0) is 4.74 Å². The van der Waals surface area contributed by atoms with Crippen molar-refractivity contribution < 1.29 is 9.64 Å². The summed E-state index contributed by atoms with van der Waals surface area (Å²) >= 11 is 0. The van der Waals surface area contributed by atoms with Crippen molar-refractivity contribution in [2.75, 3.05) is 13.1 Å². The second kappa shape index (κ2) is 7.98. The number of nitrogens with zero attached hydrogens (tertiary/aromatic N) is 1. The minimum atomic E-state index is -0.168. The van der Waals surface area contributed by atoms with Crippen LogP contribution in [0.3, 0.4) is 0 Å². The van der Waals surface area contributed by atoms with Gasteiger partial charge in [0.2, 0.25) is 5.88 Å². The Morgan fingerprint density at radius 3 is 2.34 bits per heavy atom. The van der Waals surface area contributed by atoms with Crippen LogP contribution in [0.1, 0.15) is 30.9 Å². The zero-order chi connectivity index (χ0) is 20.4. The Morgan fingerprint density at radius 1 is 1.07 bits per heavy atom. The highest BCUT2D eigenvalue weighted by Gasteiger charge is 2.40. The molecule has 0 spiro atoms. The van der Waals surface area contributed by atoms with Crippen LogP contribution in [0.25, 0.3) is 6.08 Å². The smallest absolute Gasteiger partial charge is 0.205 e. The Kier molecular flexibility index (Phi) is 5.24. The quantitative estimate of drug-likeness (QED) is 0.855. The first-order chi connectivity index (χ1) is 14.1. The van der Waals surface area contributed by atoms with Gasteiger partial charge < -0.3 is 15.4 Å². The van der Waals surface area contributed by atoms with Crippen LogP contribution in [0, 0.1) is 11.3 Å². The third-order valence-electron chi connectivity index (χ3n) is 5.74. The molecule has 2 aliphatic rings. The number of ether oxygens (including phenoxy) is 1. The lowest BCUT2D eigenvalue weighted by molar-refractivity contribution is -0.913. The summed E-state index contributed by atoms with van der Waals surface area (Å²) in [5, 5.41) is 9.85. The van der Waals surface area contributed by atoms with E-state index in [0.29, 0.717) is 11.6 Å². The molecule has 4 rings (SSSR count). The molecule has 2 aromatic rings. The second-order valence-corrected chi connectivity index (χ2v) is 7.94.